The summed E-state index contributed by atoms with van der Waals surface area (Å²) in [5, 5.41) is 3.45. The Hall–Kier alpha value is -1.60. The van der Waals surface area contributed by atoms with E-state index in [0.717, 1.165) is 32.3 Å². The van der Waals surface area contributed by atoms with E-state index in [1.807, 2.05) is 0 Å². The highest BCUT2D eigenvalue weighted by molar-refractivity contribution is 5.63. The average molecular weight is 295 g/mol. The number of rotatable bonds is 6. The summed E-state index contributed by atoms with van der Waals surface area (Å²) in [5.74, 6) is 7.11. The largest absolute Gasteiger partial charge is 0.490 e. The third kappa shape index (κ3) is 3.36. The highest BCUT2D eigenvalue weighted by Crippen LogP contribution is 2.35. The maximum Gasteiger partial charge on any atom is 0.205 e. The molecule has 1 aromatic rings. The second-order valence-electron chi connectivity index (χ2n) is 5.32. The van der Waals surface area contributed by atoms with Crippen molar-refractivity contribution in [3.8, 4) is 5.75 Å². The molecule has 1 unspecified atom stereocenters. The van der Waals surface area contributed by atoms with Crippen molar-refractivity contribution in [2.24, 2.45) is 5.84 Å². The zero-order chi connectivity index (χ0) is 15.3. The Morgan fingerprint density at radius 3 is 2.71 bits per heavy atom. The van der Waals surface area contributed by atoms with Gasteiger partial charge in [0.05, 0.1) is 12.7 Å². The predicted octanol–water partition coefficient (Wildman–Crippen LogP) is 1.92. The summed E-state index contributed by atoms with van der Waals surface area (Å²) in [4.78, 5) is 8.31. The van der Waals surface area contributed by atoms with Crippen LogP contribution >= 0.6 is 0 Å². The van der Waals surface area contributed by atoms with Crippen molar-refractivity contribution in [1.82, 2.24) is 9.97 Å². The molecule has 2 rings (SSSR count). The highest BCUT2D eigenvalue weighted by atomic mass is 16.5. The van der Waals surface area contributed by atoms with E-state index in [1.165, 1.54) is 6.33 Å². The van der Waals surface area contributed by atoms with Crippen molar-refractivity contribution < 1.29 is 9.47 Å². The summed E-state index contributed by atoms with van der Waals surface area (Å²) in [5.41, 5.74) is 2.49. The minimum atomic E-state index is -0.0366. The van der Waals surface area contributed by atoms with E-state index in [9.17, 15) is 0 Å². The number of hydrogen-bond donors (Lipinski definition) is 3. The molecule has 1 saturated heterocycles. The van der Waals surface area contributed by atoms with Crippen molar-refractivity contribution in [3.05, 3.63) is 6.33 Å². The topological polar surface area (TPSA) is 94.3 Å². The maximum atomic E-state index is 6.00. The van der Waals surface area contributed by atoms with Crippen LogP contribution in [0.5, 0.6) is 5.75 Å². The van der Waals surface area contributed by atoms with Gasteiger partial charge in [-0.1, -0.05) is 13.8 Å². The summed E-state index contributed by atoms with van der Waals surface area (Å²) in [7, 11) is 1.58. The first-order valence-electron chi connectivity index (χ1n) is 7.44. The zero-order valence-corrected chi connectivity index (χ0v) is 13.0. The van der Waals surface area contributed by atoms with Crippen LogP contribution in [0.3, 0.4) is 0 Å². The Labute approximate surface area is 125 Å². The van der Waals surface area contributed by atoms with Gasteiger partial charge in [-0.25, -0.2) is 15.8 Å². The third-order valence-electron chi connectivity index (χ3n) is 4.27. The summed E-state index contributed by atoms with van der Waals surface area (Å²) in [6, 6.07) is 0.299. The third-order valence-corrected chi connectivity index (χ3v) is 4.27. The summed E-state index contributed by atoms with van der Waals surface area (Å²) < 4.78 is 11.3. The van der Waals surface area contributed by atoms with Crippen LogP contribution in [-0.2, 0) is 4.74 Å². The molecule has 2 heterocycles. The summed E-state index contributed by atoms with van der Waals surface area (Å²) in [6.45, 7) is 5.11. The van der Waals surface area contributed by atoms with Gasteiger partial charge in [0.2, 0.25) is 5.75 Å². The van der Waals surface area contributed by atoms with Crippen molar-refractivity contribution >= 4 is 11.6 Å². The Bertz CT molecular complexity index is 465. The SMILES string of the molecule is CCC1(CC)CC(Nc2ncnc(NN)c2OC)CCO1. The molecule has 1 aliphatic heterocycles. The van der Waals surface area contributed by atoms with Gasteiger partial charge >= 0.3 is 0 Å². The average Bonchev–Trinajstić information content (AvgIpc) is 2.54. The van der Waals surface area contributed by atoms with Gasteiger partial charge in [-0.2, -0.15) is 0 Å². The monoisotopic (exact) mass is 295 g/mol. The van der Waals surface area contributed by atoms with Gasteiger partial charge in [0.15, 0.2) is 11.6 Å². The molecule has 118 valence electrons. The molecule has 0 spiro atoms. The van der Waals surface area contributed by atoms with Gasteiger partial charge in [-0.05, 0) is 25.7 Å². The molecule has 0 aliphatic carbocycles. The van der Waals surface area contributed by atoms with Gasteiger partial charge in [-0.3, -0.25) is 0 Å². The Morgan fingerprint density at radius 1 is 1.38 bits per heavy atom. The molecule has 4 N–H and O–H groups in total. The smallest absolute Gasteiger partial charge is 0.205 e. The van der Waals surface area contributed by atoms with Crippen molar-refractivity contribution in [2.45, 2.75) is 51.2 Å². The number of anilines is 2. The van der Waals surface area contributed by atoms with Crippen LogP contribution in [0.2, 0.25) is 0 Å². The molecule has 0 radical (unpaired) electrons. The number of hydrazine groups is 1. The second-order valence-corrected chi connectivity index (χ2v) is 5.32. The van der Waals surface area contributed by atoms with Crippen molar-refractivity contribution in [2.75, 3.05) is 24.5 Å². The molecule has 21 heavy (non-hydrogen) atoms. The van der Waals surface area contributed by atoms with Gasteiger partial charge < -0.3 is 20.2 Å². The molecule has 1 aliphatic rings. The lowest BCUT2D eigenvalue weighted by atomic mass is 9.86. The first kappa shape index (κ1) is 15.8. The Kier molecular flexibility index (Phi) is 5.19. The van der Waals surface area contributed by atoms with Crippen LogP contribution in [0, 0.1) is 0 Å². The van der Waals surface area contributed by atoms with Crippen LogP contribution in [0.25, 0.3) is 0 Å². The van der Waals surface area contributed by atoms with E-state index in [2.05, 4.69) is 34.6 Å². The summed E-state index contributed by atoms with van der Waals surface area (Å²) in [6.07, 6.45) is 5.39. The molecular weight excluding hydrogens is 270 g/mol. The quantitative estimate of drug-likeness (QED) is 0.545. The van der Waals surface area contributed by atoms with Crippen LogP contribution in [0.1, 0.15) is 39.5 Å². The van der Waals surface area contributed by atoms with Gasteiger partial charge in [0.25, 0.3) is 0 Å². The predicted molar refractivity (Wildman–Crippen MR) is 82.3 cm³/mol. The normalized spacial score (nSPS) is 20.9. The standard InChI is InChI=1S/C14H25N5O2/c1-4-14(5-2)8-10(6-7-21-14)18-12-11(20-3)13(19-15)17-9-16-12/h9-10H,4-8,15H2,1-3H3,(H2,16,17,18,19). The Morgan fingerprint density at radius 2 is 2.10 bits per heavy atom. The zero-order valence-electron chi connectivity index (χ0n) is 13.0. The van der Waals surface area contributed by atoms with Crippen LogP contribution in [-0.4, -0.2) is 35.3 Å². The van der Waals surface area contributed by atoms with E-state index in [1.54, 1.807) is 7.11 Å². The van der Waals surface area contributed by atoms with Gasteiger partial charge in [0.1, 0.15) is 6.33 Å². The molecule has 7 nitrogen and oxygen atoms in total. The van der Waals surface area contributed by atoms with E-state index < -0.39 is 0 Å². The van der Waals surface area contributed by atoms with Crippen molar-refractivity contribution in [3.63, 3.8) is 0 Å². The van der Waals surface area contributed by atoms with E-state index >= 15 is 0 Å². The Balaban J connectivity index is 2.14. The van der Waals surface area contributed by atoms with Gasteiger partial charge in [-0.15, -0.1) is 0 Å². The molecule has 1 aromatic heterocycles. The van der Waals surface area contributed by atoms with E-state index in [-0.39, 0.29) is 5.60 Å². The molecular formula is C14H25N5O2. The highest BCUT2D eigenvalue weighted by Gasteiger charge is 2.35. The van der Waals surface area contributed by atoms with Crippen LogP contribution < -0.4 is 21.3 Å². The first-order chi connectivity index (χ1) is 10.2. The van der Waals surface area contributed by atoms with Crippen LogP contribution in [0.4, 0.5) is 11.6 Å². The summed E-state index contributed by atoms with van der Waals surface area (Å²) >= 11 is 0. The molecule has 0 aromatic carbocycles. The number of nitrogens with one attached hydrogen (secondary N) is 2. The minimum Gasteiger partial charge on any atom is -0.490 e. The van der Waals surface area contributed by atoms with Crippen molar-refractivity contribution in [1.29, 1.82) is 0 Å². The number of aromatic nitrogens is 2. The number of nitrogen functional groups attached to an aromatic ring is 1. The fraction of sp³-hybridized carbons (Fsp3) is 0.714. The number of nitrogens with zero attached hydrogens (tertiary/aromatic N) is 2. The van der Waals surface area contributed by atoms with Crippen LogP contribution in [0.15, 0.2) is 6.33 Å². The number of methoxy groups -OCH3 is 1. The number of ether oxygens (including phenoxy) is 2. The van der Waals surface area contributed by atoms with E-state index in [0.29, 0.717) is 23.4 Å². The molecule has 1 atom stereocenters. The maximum absolute atomic E-state index is 6.00. The lowest BCUT2D eigenvalue weighted by molar-refractivity contribution is -0.0864. The lowest BCUT2D eigenvalue weighted by Crippen LogP contribution is -2.43. The fourth-order valence-electron chi connectivity index (χ4n) is 2.86. The fourth-order valence-corrected chi connectivity index (χ4v) is 2.86. The first-order valence-corrected chi connectivity index (χ1v) is 7.44. The molecule has 0 bridgehead atoms. The van der Waals surface area contributed by atoms with Gasteiger partial charge in [0, 0.05) is 12.6 Å². The molecule has 0 saturated carbocycles. The molecule has 0 amide bonds. The molecule has 1 fully saturated rings. The number of hydrogen-bond acceptors (Lipinski definition) is 7. The van der Waals surface area contributed by atoms with E-state index in [4.69, 9.17) is 15.3 Å². The number of nitrogens with two attached hydrogens (primary N) is 1. The second kappa shape index (κ2) is 6.91. The lowest BCUT2D eigenvalue weighted by Gasteiger charge is -2.40. The molecule has 7 heteroatoms. The minimum absolute atomic E-state index is 0.0366.